The number of benzene rings is 2. The molecule has 2 amide bonds. The summed E-state index contributed by atoms with van der Waals surface area (Å²) in [4.78, 5) is 24.8. The Balaban J connectivity index is 1.56. The van der Waals surface area contributed by atoms with Crippen molar-refractivity contribution in [2.75, 3.05) is 0 Å². The van der Waals surface area contributed by atoms with Gasteiger partial charge in [-0.1, -0.05) is 36.4 Å². The summed E-state index contributed by atoms with van der Waals surface area (Å²) in [5, 5.41) is 7.68. The van der Waals surface area contributed by atoms with E-state index < -0.39 is 0 Å². The second-order valence-electron chi connectivity index (χ2n) is 6.31. The minimum atomic E-state index is -0.315. The van der Waals surface area contributed by atoms with Crippen LogP contribution in [0, 0.1) is 0 Å². The van der Waals surface area contributed by atoms with Gasteiger partial charge in [0, 0.05) is 18.3 Å². The molecule has 0 fully saturated rings. The normalized spacial score (nSPS) is 11.5. The molecule has 0 spiro atoms. The van der Waals surface area contributed by atoms with Crippen LogP contribution in [0.2, 0.25) is 0 Å². The summed E-state index contributed by atoms with van der Waals surface area (Å²) in [6, 6.07) is 20.7. The molecule has 1 unspecified atom stereocenters. The van der Waals surface area contributed by atoms with E-state index in [2.05, 4.69) is 10.6 Å². The van der Waals surface area contributed by atoms with Crippen molar-refractivity contribution in [1.82, 2.24) is 10.6 Å². The Labute approximate surface area is 168 Å². The third-order valence-corrected chi connectivity index (χ3v) is 5.01. The molecule has 0 aliphatic heterocycles. The molecule has 2 aromatic carbocycles. The molecule has 5 nitrogen and oxygen atoms in total. The van der Waals surface area contributed by atoms with Crippen LogP contribution in [0.1, 0.15) is 29.8 Å². The Morgan fingerprint density at radius 3 is 2.50 bits per heavy atom. The van der Waals surface area contributed by atoms with Crippen molar-refractivity contribution >= 4 is 23.2 Å². The van der Waals surface area contributed by atoms with E-state index in [1.807, 2.05) is 72.1 Å². The van der Waals surface area contributed by atoms with Gasteiger partial charge < -0.3 is 15.4 Å². The lowest BCUT2D eigenvalue weighted by Gasteiger charge is -2.16. The van der Waals surface area contributed by atoms with E-state index in [1.54, 1.807) is 0 Å². The van der Waals surface area contributed by atoms with Gasteiger partial charge in [-0.2, -0.15) is 0 Å². The van der Waals surface area contributed by atoms with E-state index in [-0.39, 0.29) is 24.3 Å². The molecule has 0 saturated carbocycles. The molecule has 3 aromatic rings. The van der Waals surface area contributed by atoms with Gasteiger partial charge in [0.2, 0.25) is 11.8 Å². The lowest BCUT2D eigenvalue weighted by molar-refractivity contribution is -0.122. The Morgan fingerprint density at radius 1 is 1.00 bits per heavy atom. The van der Waals surface area contributed by atoms with Gasteiger partial charge in [0.15, 0.2) is 0 Å². The van der Waals surface area contributed by atoms with Gasteiger partial charge in [-0.25, -0.2) is 0 Å². The molecule has 3 rings (SSSR count). The first-order chi connectivity index (χ1) is 13.6. The topological polar surface area (TPSA) is 67.4 Å². The first-order valence-electron chi connectivity index (χ1n) is 8.99. The Kier molecular flexibility index (Phi) is 6.81. The molecule has 0 aliphatic carbocycles. The number of para-hydroxylation sites is 1. The largest absolute Gasteiger partial charge is 0.457 e. The second kappa shape index (κ2) is 9.71. The van der Waals surface area contributed by atoms with Gasteiger partial charge in [0.05, 0.1) is 12.5 Å². The van der Waals surface area contributed by atoms with Crippen LogP contribution in [-0.2, 0) is 16.1 Å². The Morgan fingerprint density at radius 2 is 1.79 bits per heavy atom. The van der Waals surface area contributed by atoms with Crippen LogP contribution in [0.3, 0.4) is 0 Å². The summed E-state index contributed by atoms with van der Waals surface area (Å²) < 4.78 is 5.82. The van der Waals surface area contributed by atoms with Gasteiger partial charge in [-0.15, -0.1) is 11.3 Å². The molecule has 0 bridgehead atoms. The highest BCUT2D eigenvalue weighted by Crippen LogP contribution is 2.23. The van der Waals surface area contributed by atoms with Crippen LogP contribution in [-0.4, -0.2) is 11.8 Å². The third-order valence-electron chi connectivity index (χ3n) is 4.02. The molecule has 0 radical (unpaired) electrons. The number of rotatable bonds is 8. The zero-order chi connectivity index (χ0) is 19.8. The first kappa shape index (κ1) is 19.6. The summed E-state index contributed by atoms with van der Waals surface area (Å²) in [5.41, 5.74) is 0.939. The molecule has 0 aliphatic rings. The van der Waals surface area contributed by atoms with Crippen LogP contribution in [0.5, 0.6) is 11.5 Å². The fourth-order valence-electron chi connectivity index (χ4n) is 2.76. The molecule has 1 heterocycles. The van der Waals surface area contributed by atoms with Gasteiger partial charge in [-0.05, 0) is 41.3 Å². The van der Waals surface area contributed by atoms with E-state index >= 15 is 0 Å². The zero-order valence-electron chi connectivity index (χ0n) is 15.6. The van der Waals surface area contributed by atoms with Crippen LogP contribution in [0.25, 0.3) is 0 Å². The molecule has 2 N–H and O–H groups in total. The second-order valence-corrected chi connectivity index (χ2v) is 7.29. The van der Waals surface area contributed by atoms with Crippen LogP contribution >= 0.6 is 11.3 Å². The Hall–Kier alpha value is -3.12. The average molecular weight is 394 g/mol. The number of carbonyl (C=O) groups excluding carboxylic acids is 2. The highest BCUT2D eigenvalue weighted by atomic mass is 32.1. The fraction of sp³-hybridized carbons (Fsp3) is 0.182. The smallest absolute Gasteiger partial charge is 0.222 e. The van der Waals surface area contributed by atoms with Crippen molar-refractivity contribution in [1.29, 1.82) is 0 Å². The predicted molar refractivity (Wildman–Crippen MR) is 110 cm³/mol. The molecule has 144 valence electrons. The van der Waals surface area contributed by atoms with Gasteiger partial charge in [0.1, 0.15) is 11.5 Å². The van der Waals surface area contributed by atoms with Crippen molar-refractivity contribution in [2.24, 2.45) is 0 Å². The molecule has 1 atom stereocenters. The number of thiophene rings is 1. The molecule has 0 saturated heterocycles. The van der Waals surface area contributed by atoms with Crippen molar-refractivity contribution in [3.05, 3.63) is 82.6 Å². The summed E-state index contributed by atoms with van der Waals surface area (Å²) in [6.45, 7) is 1.85. The number of hydrogen-bond donors (Lipinski definition) is 2. The van der Waals surface area contributed by atoms with E-state index in [0.717, 1.165) is 16.2 Å². The van der Waals surface area contributed by atoms with Gasteiger partial charge in [-0.3, -0.25) is 9.59 Å². The lowest BCUT2D eigenvalue weighted by Crippen LogP contribution is -2.32. The van der Waals surface area contributed by atoms with Crippen LogP contribution in [0.15, 0.2) is 72.1 Å². The fourth-order valence-corrected chi connectivity index (χ4v) is 3.54. The summed E-state index contributed by atoms with van der Waals surface area (Å²) in [7, 11) is 0. The number of hydrogen-bond acceptors (Lipinski definition) is 4. The molecule has 28 heavy (non-hydrogen) atoms. The van der Waals surface area contributed by atoms with Crippen molar-refractivity contribution < 1.29 is 14.3 Å². The average Bonchev–Trinajstić information content (AvgIpc) is 3.21. The summed E-state index contributed by atoms with van der Waals surface area (Å²) in [5.74, 6) is 1.20. The Bertz CT molecular complexity index is 911. The predicted octanol–water partition coefficient (Wildman–Crippen LogP) is 4.42. The third kappa shape index (κ3) is 5.96. The van der Waals surface area contributed by atoms with E-state index in [1.165, 1.54) is 18.3 Å². The molecular weight excluding hydrogens is 372 g/mol. The van der Waals surface area contributed by atoms with E-state index in [0.29, 0.717) is 12.3 Å². The molecular formula is C22H22N2O3S. The number of carbonyl (C=O) groups is 2. The minimum absolute atomic E-state index is 0.124. The van der Waals surface area contributed by atoms with Crippen molar-refractivity contribution in [2.45, 2.75) is 25.9 Å². The quantitative estimate of drug-likeness (QED) is 0.594. The number of nitrogens with one attached hydrogen (secondary N) is 2. The summed E-state index contributed by atoms with van der Waals surface area (Å²) in [6.07, 6.45) is 0.195. The highest BCUT2D eigenvalue weighted by molar-refractivity contribution is 7.10. The lowest BCUT2D eigenvalue weighted by atomic mass is 10.1. The minimum Gasteiger partial charge on any atom is -0.457 e. The summed E-state index contributed by atoms with van der Waals surface area (Å²) >= 11 is 1.52. The number of ether oxygens (including phenoxy) is 1. The van der Waals surface area contributed by atoms with Gasteiger partial charge >= 0.3 is 0 Å². The van der Waals surface area contributed by atoms with Crippen molar-refractivity contribution in [3.63, 3.8) is 0 Å². The van der Waals surface area contributed by atoms with Crippen molar-refractivity contribution in [3.8, 4) is 11.5 Å². The van der Waals surface area contributed by atoms with E-state index in [4.69, 9.17) is 4.74 Å². The van der Waals surface area contributed by atoms with Gasteiger partial charge in [0.25, 0.3) is 0 Å². The maximum absolute atomic E-state index is 12.4. The molecule has 6 heteroatoms. The number of amides is 2. The first-order valence-corrected chi connectivity index (χ1v) is 9.87. The maximum Gasteiger partial charge on any atom is 0.222 e. The standard InChI is InChI=1S/C22H22N2O3S/c1-16(25)24-20(21-11-6-12-28-21)14-22(26)23-15-17-7-5-10-19(13-17)27-18-8-3-2-4-9-18/h2-13,20H,14-15H2,1H3,(H,23,26)(H,24,25). The van der Waals surface area contributed by atoms with Crippen LogP contribution in [0.4, 0.5) is 0 Å². The SMILES string of the molecule is CC(=O)NC(CC(=O)NCc1cccc(Oc2ccccc2)c1)c1cccs1. The van der Waals surface area contributed by atoms with E-state index in [9.17, 15) is 9.59 Å². The maximum atomic E-state index is 12.4. The zero-order valence-corrected chi connectivity index (χ0v) is 16.4. The molecule has 1 aromatic heterocycles. The monoisotopic (exact) mass is 394 g/mol. The van der Waals surface area contributed by atoms with Crippen LogP contribution < -0.4 is 15.4 Å². The highest BCUT2D eigenvalue weighted by Gasteiger charge is 2.17.